The third-order valence-electron chi connectivity index (χ3n) is 3.45. The molecule has 0 saturated heterocycles. The number of nitrogens with one attached hydrogen (secondary N) is 2. The van der Waals surface area contributed by atoms with Crippen LogP contribution in [0.5, 0.6) is 0 Å². The lowest BCUT2D eigenvalue weighted by Gasteiger charge is -2.09. The second-order valence-corrected chi connectivity index (χ2v) is 5.46. The van der Waals surface area contributed by atoms with Crippen molar-refractivity contribution < 1.29 is 18.4 Å². The third kappa shape index (κ3) is 4.27. The molecule has 2 N–H and O–H groups in total. The van der Waals surface area contributed by atoms with E-state index in [0.717, 1.165) is 18.2 Å². The molecule has 0 atom stereocenters. The van der Waals surface area contributed by atoms with E-state index in [1.54, 1.807) is 37.5 Å². The Morgan fingerprint density at radius 3 is 2.44 bits per heavy atom. The number of benzene rings is 1. The summed E-state index contributed by atoms with van der Waals surface area (Å²) < 4.78 is 27.2. The van der Waals surface area contributed by atoms with Gasteiger partial charge in [0.25, 0.3) is 5.91 Å². The number of halogens is 2. The highest BCUT2D eigenvalue weighted by Crippen LogP contribution is 2.18. The van der Waals surface area contributed by atoms with Gasteiger partial charge in [0.1, 0.15) is 17.2 Å². The Morgan fingerprint density at radius 2 is 1.78 bits per heavy atom. The molecule has 0 radical (unpaired) electrons. The number of aromatic nitrogens is 3. The lowest BCUT2D eigenvalue weighted by Crippen LogP contribution is -2.36. The Hall–Kier alpha value is -3.75. The Labute approximate surface area is 152 Å². The van der Waals surface area contributed by atoms with Crippen LogP contribution in [-0.4, -0.2) is 26.9 Å². The van der Waals surface area contributed by atoms with Crippen LogP contribution >= 0.6 is 0 Å². The number of rotatable bonds is 3. The van der Waals surface area contributed by atoms with E-state index in [1.807, 2.05) is 5.32 Å². The second kappa shape index (κ2) is 7.65. The molecule has 3 rings (SSSR count). The van der Waals surface area contributed by atoms with Crippen molar-refractivity contribution >= 4 is 17.9 Å². The van der Waals surface area contributed by atoms with Crippen LogP contribution < -0.4 is 10.6 Å². The molecule has 0 aliphatic rings. The van der Waals surface area contributed by atoms with Gasteiger partial charge in [-0.25, -0.2) is 23.5 Å². The zero-order valence-corrected chi connectivity index (χ0v) is 14.0. The average Bonchev–Trinajstić information content (AvgIpc) is 2.61. The maximum absolute atomic E-state index is 13.6. The first-order valence-electron chi connectivity index (χ1n) is 7.76. The van der Waals surface area contributed by atoms with Crippen molar-refractivity contribution in [3.63, 3.8) is 0 Å². The number of anilines is 1. The van der Waals surface area contributed by atoms with E-state index in [9.17, 15) is 18.4 Å². The van der Waals surface area contributed by atoms with Gasteiger partial charge >= 0.3 is 6.03 Å². The van der Waals surface area contributed by atoms with E-state index >= 15 is 0 Å². The SMILES string of the molecule is Cc1cc(-c2cccnc2)nc(NC(=O)NC(=O)c2c(F)cccc2F)n1. The molecule has 0 fully saturated rings. The van der Waals surface area contributed by atoms with Crippen molar-refractivity contribution in [2.24, 2.45) is 0 Å². The van der Waals surface area contributed by atoms with Gasteiger partial charge in [0.2, 0.25) is 5.95 Å². The smallest absolute Gasteiger partial charge is 0.276 e. The van der Waals surface area contributed by atoms with E-state index in [0.29, 0.717) is 17.0 Å². The van der Waals surface area contributed by atoms with Crippen molar-refractivity contribution in [1.82, 2.24) is 20.3 Å². The molecule has 3 aromatic rings. The first-order valence-corrected chi connectivity index (χ1v) is 7.76. The molecule has 2 aromatic heterocycles. The molecular weight excluding hydrogens is 356 g/mol. The summed E-state index contributed by atoms with van der Waals surface area (Å²) >= 11 is 0. The number of pyridine rings is 1. The number of amides is 3. The van der Waals surface area contributed by atoms with Crippen LogP contribution in [0.2, 0.25) is 0 Å². The highest BCUT2D eigenvalue weighted by molar-refractivity contribution is 6.07. The molecule has 27 heavy (non-hydrogen) atoms. The molecule has 0 spiro atoms. The minimum absolute atomic E-state index is 0.0758. The first kappa shape index (κ1) is 18.1. The summed E-state index contributed by atoms with van der Waals surface area (Å²) in [5.74, 6) is -3.45. The Bertz CT molecular complexity index is 992. The number of aryl methyl sites for hydroxylation is 1. The molecule has 1 aromatic carbocycles. The van der Waals surface area contributed by atoms with Crippen LogP contribution in [-0.2, 0) is 0 Å². The van der Waals surface area contributed by atoms with Gasteiger partial charge in [0.15, 0.2) is 0 Å². The number of imide groups is 1. The summed E-state index contributed by atoms with van der Waals surface area (Å²) in [7, 11) is 0. The molecule has 0 bridgehead atoms. The fourth-order valence-electron chi connectivity index (χ4n) is 2.30. The quantitative estimate of drug-likeness (QED) is 0.739. The number of hydrogen-bond acceptors (Lipinski definition) is 5. The van der Waals surface area contributed by atoms with Crippen LogP contribution in [0.25, 0.3) is 11.3 Å². The van der Waals surface area contributed by atoms with Crippen LogP contribution in [0.1, 0.15) is 16.1 Å². The van der Waals surface area contributed by atoms with Crippen molar-refractivity contribution in [3.05, 3.63) is 71.7 Å². The topological polar surface area (TPSA) is 96.9 Å². The fourth-order valence-corrected chi connectivity index (χ4v) is 2.30. The number of carbonyl (C=O) groups excluding carboxylic acids is 2. The zero-order valence-electron chi connectivity index (χ0n) is 14.0. The van der Waals surface area contributed by atoms with Gasteiger partial charge in [-0.05, 0) is 37.3 Å². The van der Waals surface area contributed by atoms with Gasteiger partial charge in [0.05, 0.1) is 5.69 Å². The summed E-state index contributed by atoms with van der Waals surface area (Å²) in [6, 6.07) is 7.13. The Balaban J connectivity index is 1.76. The van der Waals surface area contributed by atoms with Gasteiger partial charge in [-0.3, -0.25) is 20.4 Å². The largest absolute Gasteiger partial charge is 0.328 e. The maximum Gasteiger partial charge on any atom is 0.328 e. The average molecular weight is 369 g/mol. The zero-order chi connectivity index (χ0) is 19.4. The number of hydrogen-bond donors (Lipinski definition) is 2. The predicted molar refractivity (Wildman–Crippen MR) is 92.8 cm³/mol. The van der Waals surface area contributed by atoms with Crippen molar-refractivity contribution in [3.8, 4) is 11.3 Å². The molecule has 9 heteroatoms. The van der Waals surface area contributed by atoms with Crippen LogP contribution in [0.4, 0.5) is 19.5 Å². The molecule has 2 heterocycles. The van der Waals surface area contributed by atoms with Crippen LogP contribution in [0, 0.1) is 18.6 Å². The van der Waals surface area contributed by atoms with Gasteiger partial charge in [-0.2, -0.15) is 0 Å². The molecule has 0 unspecified atom stereocenters. The highest BCUT2D eigenvalue weighted by Gasteiger charge is 2.19. The molecule has 3 amide bonds. The summed E-state index contributed by atoms with van der Waals surface area (Å²) in [5, 5.41) is 4.12. The van der Waals surface area contributed by atoms with E-state index in [1.165, 1.54) is 0 Å². The normalized spacial score (nSPS) is 10.3. The predicted octanol–water partition coefficient (Wildman–Crippen LogP) is 3.09. The Kier molecular flexibility index (Phi) is 5.11. The molecule has 7 nitrogen and oxygen atoms in total. The summed E-state index contributed by atoms with van der Waals surface area (Å²) in [4.78, 5) is 36.2. The lowest BCUT2D eigenvalue weighted by atomic mass is 10.2. The molecule has 0 aliphatic carbocycles. The van der Waals surface area contributed by atoms with Gasteiger partial charge in [0, 0.05) is 23.7 Å². The first-order chi connectivity index (χ1) is 12.9. The minimum atomic E-state index is -1.22. The molecular formula is C18H13F2N5O2. The van der Waals surface area contributed by atoms with E-state index in [2.05, 4.69) is 20.3 Å². The van der Waals surface area contributed by atoms with E-state index < -0.39 is 29.1 Å². The number of nitrogens with zero attached hydrogens (tertiary/aromatic N) is 3. The Morgan fingerprint density at radius 1 is 1.04 bits per heavy atom. The monoisotopic (exact) mass is 369 g/mol. The van der Waals surface area contributed by atoms with Gasteiger partial charge in [-0.15, -0.1) is 0 Å². The van der Waals surface area contributed by atoms with Gasteiger partial charge < -0.3 is 0 Å². The summed E-state index contributed by atoms with van der Waals surface area (Å²) in [6.45, 7) is 1.70. The maximum atomic E-state index is 13.6. The molecule has 0 aliphatic heterocycles. The van der Waals surface area contributed by atoms with Crippen molar-refractivity contribution in [1.29, 1.82) is 0 Å². The standard InChI is InChI=1S/C18H13F2N5O2/c1-10-8-14(11-4-3-7-21-9-11)23-17(22-10)25-18(27)24-16(26)15-12(19)5-2-6-13(15)20/h2-9H,1H3,(H2,22,23,24,25,26,27). The fraction of sp³-hybridized carbons (Fsp3) is 0.0556. The van der Waals surface area contributed by atoms with Crippen molar-refractivity contribution in [2.45, 2.75) is 6.92 Å². The summed E-state index contributed by atoms with van der Waals surface area (Å²) in [6.07, 6.45) is 3.20. The molecule has 136 valence electrons. The van der Waals surface area contributed by atoms with Crippen molar-refractivity contribution in [2.75, 3.05) is 5.32 Å². The second-order valence-electron chi connectivity index (χ2n) is 5.46. The van der Waals surface area contributed by atoms with Crippen LogP contribution in [0.15, 0.2) is 48.8 Å². The molecule has 0 saturated carbocycles. The van der Waals surface area contributed by atoms with E-state index in [-0.39, 0.29) is 5.95 Å². The number of urea groups is 1. The number of carbonyl (C=O) groups is 2. The lowest BCUT2D eigenvalue weighted by molar-refractivity contribution is 0.0959. The third-order valence-corrected chi connectivity index (χ3v) is 3.45. The minimum Gasteiger partial charge on any atom is -0.276 e. The van der Waals surface area contributed by atoms with Gasteiger partial charge in [-0.1, -0.05) is 6.07 Å². The highest BCUT2D eigenvalue weighted by atomic mass is 19.1. The summed E-state index contributed by atoms with van der Waals surface area (Å²) in [5.41, 5.74) is 0.924. The van der Waals surface area contributed by atoms with E-state index in [4.69, 9.17) is 0 Å². The van der Waals surface area contributed by atoms with Crippen LogP contribution in [0.3, 0.4) is 0 Å².